The van der Waals surface area contributed by atoms with Crippen molar-refractivity contribution in [1.29, 1.82) is 0 Å². The highest BCUT2D eigenvalue weighted by molar-refractivity contribution is 7.92. The molecule has 1 N–H and O–H groups in total. The maximum absolute atomic E-state index is 14.1. The molecule has 0 aliphatic carbocycles. The van der Waals surface area contributed by atoms with E-state index >= 15 is 0 Å². The lowest BCUT2D eigenvalue weighted by Crippen LogP contribution is -2.54. The molecule has 0 fully saturated rings. The molecule has 3 aromatic rings. The van der Waals surface area contributed by atoms with Crippen molar-refractivity contribution in [3.8, 4) is 5.75 Å². The average Bonchev–Trinajstić information content (AvgIpc) is 2.94. The first-order valence-corrected chi connectivity index (χ1v) is 15.7. The summed E-state index contributed by atoms with van der Waals surface area (Å²) in [6, 6.07) is 19.5. The van der Waals surface area contributed by atoms with E-state index in [2.05, 4.69) is 5.32 Å². The zero-order chi connectivity index (χ0) is 30.2. The molecule has 0 bridgehead atoms. The van der Waals surface area contributed by atoms with Crippen LogP contribution in [0, 0.1) is 0 Å². The van der Waals surface area contributed by atoms with Crippen molar-refractivity contribution in [3.05, 3.63) is 94.0 Å². The summed E-state index contributed by atoms with van der Waals surface area (Å²) < 4.78 is 32.0. The number of hydrogen-bond acceptors (Lipinski definition) is 5. The molecule has 0 unspecified atom stereocenters. The fraction of sp³-hybridized carbons (Fsp3) is 0.333. The standard InChI is InChI=1S/C30H35Cl2N3O5S/c1-5-21(2)33-30(37)28(18-22-10-7-6-8-11-22)34(19-25-26(31)12-9-13-27(25)32)29(36)20-35(41(4,38)39)23-14-16-24(40-3)17-15-23/h6-17,21,28H,5,18-20H2,1-4H3,(H,33,37)/t21-,28+/m0/s1. The highest BCUT2D eigenvalue weighted by atomic mass is 35.5. The lowest BCUT2D eigenvalue weighted by Gasteiger charge is -2.34. The quantitative estimate of drug-likeness (QED) is 0.279. The van der Waals surface area contributed by atoms with Gasteiger partial charge in [-0.2, -0.15) is 0 Å². The van der Waals surface area contributed by atoms with Gasteiger partial charge in [0, 0.05) is 34.6 Å². The van der Waals surface area contributed by atoms with Gasteiger partial charge in [-0.25, -0.2) is 8.42 Å². The Kier molecular flexibility index (Phi) is 11.5. The van der Waals surface area contributed by atoms with Crippen LogP contribution in [0.1, 0.15) is 31.4 Å². The van der Waals surface area contributed by atoms with Crippen molar-refractivity contribution in [2.24, 2.45) is 0 Å². The second-order valence-corrected chi connectivity index (χ2v) is 12.4. The van der Waals surface area contributed by atoms with Crippen molar-refractivity contribution >= 4 is 50.7 Å². The van der Waals surface area contributed by atoms with Gasteiger partial charge in [-0.05, 0) is 55.3 Å². The van der Waals surface area contributed by atoms with E-state index in [-0.39, 0.29) is 30.6 Å². The molecule has 11 heteroatoms. The first-order chi connectivity index (χ1) is 19.4. The van der Waals surface area contributed by atoms with Crippen molar-refractivity contribution in [1.82, 2.24) is 10.2 Å². The molecular weight excluding hydrogens is 585 g/mol. The first-order valence-electron chi connectivity index (χ1n) is 13.1. The summed E-state index contributed by atoms with van der Waals surface area (Å²) in [6.45, 7) is 3.17. The highest BCUT2D eigenvalue weighted by Gasteiger charge is 2.34. The van der Waals surface area contributed by atoms with Crippen LogP contribution in [0.4, 0.5) is 5.69 Å². The van der Waals surface area contributed by atoms with Gasteiger partial charge in [0.15, 0.2) is 0 Å². The lowest BCUT2D eigenvalue weighted by molar-refractivity contribution is -0.140. The highest BCUT2D eigenvalue weighted by Crippen LogP contribution is 2.28. The number of carbonyl (C=O) groups is 2. The van der Waals surface area contributed by atoms with E-state index < -0.39 is 28.5 Å². The third-order valence-electron chi connectivity index (χ3n) is 6.70. The number of hydrogen-bond donors (Lipinski definition) is 1. The third kappa shape index (κ3) is 8.86. The van der Waals surface area contributed by atoms with Crippen molar-refractivity contribution in [3.63, 3.8) is 0 Å². The van der Waals surface area contributed by atoms with Crippen LogP contribution in [0.15, 0.2) is 72.8 Å². The molecule has 0 saturated heterocycles. The minimum atomic E-state index is -3.89. The fourth-order valence-electron chi connectivity index (χ4n) is 4.21. The van der Waals surface area contributed by atoms with Crippen molar-refractivity contribution < 1.29 is 22.7 Å². The predicted molar refractivity (Wildman–Crippen MR) is 164 cm³/mol. The normalized spacial score (nSPS) is 12.7. The minimum absolute atomic E-state index is 0.108. The van der Waals surface area contributed by atoms with Crippen LogP contribution >= 0.6 is 23.2 Å². The molecule has 0 radical (unpaired) electrons. The van der Waals surface area contributed by atoms with E-state index in [9.17, 15) is 18.0 Å². The topological polar surface area (TPSA) is 96.0 Å². The van der Waals surface area contributed by atoms with Crippen molar-refractivity contribution in [2.45, 2.75) is 45.3 Å². The maximum atomic E-state index is 14.1. The van der Waals surface area contributed by atoms with E-state index in [1.54, 1.807) is 42.5 Å². The Morgan fingerprint density at radius 2 is 1.56 bits per heavy atom. The Balaban J connectivity index is 2.09. The smallest absolute Gasteiger partial charge is 0.244 e. The number of carbonyl (C=O) groups excluding carboxylic acids is 2. The first kappa shape index (κ1) is 32.2. The molecule has 2 amide bonds. The summed E-state index contributed by atoms with van der Waals surface area (Å²) in [6.07, 6.45) is 1.91. The molecule has 8 nitrogen and oxygen atoms in total. The summed E-state index contributed by atoms with van der Waals surface area (Å²) in [5, 5.41) is 3.63. The van der Waals surface area contributed by atoms with Crippen LogP contribution in [0.5, 0.6) is 5.75 Å². The lowest BCUT2D eigenvalue weighted by atomic mass is 10.0. The fourth-order valence-corrected chi connectivity index (χ4v) is 5.58. The van der Waals surface area contributed by atoms with E-state index in [0.29, 0.717) is 27.8 Å². The maximum Gasteiger partial charge on any atom is 0.244 e. The van der Waals surface area contributed by atoms with Crippen LogP contribution in [0.25, 0.3) is 0 Å². The largest absolute Gasteiger partial charge is 0.497 e. The molecule has 3 aromatic carbocycles. The summed E-state index contributed by atoms with van der Waals surface area (Å²) >= 11 is 13.0. The molecule has 3 rings (SSSR count). The molecule has 0 heterocycles. The number of nitrogens with zero attached hydrogens (tertiary/aromatic N) is 2. The molecule has 0 aliphatic heterocycles. The minimum Gasteiger partial charge on any atom is -0.497 e. The molecule has 220 valence electrons. The molecule has 0 spiro atoms. The summed E-state index contributed by atoms with van der Waals surface area (Å²) in [7, 11) is -2.39. The van der Waals surface area contributed by atoms with Crippen molar-refractivity contribution in [2.75, 3.05) is 24.2 Å². The number of amides is 2. The summed E-state index contributed by atoms with van der Waals surface area (Å²) in [5.41, 5.74) is 1.56. The molecule has 2 atom stereocenters. The number of benzene rings is 3. The Morgan fingerprint density at radius 1 is 0.951 bits per heavy atom. The summed E-state index contributed by atoms with van der Waals surface area (Å²) in [5.74, 6) is -0.425. The number of methoxy groups -OCH3 is 1. The molecule has 0 aliphatic rings. The van der Waals surface area contributed by atoms with Gasteiger partial charge in [-0.3, -0.25) is 13.9 Å². The second kappa shape index (κ2) is 14.6. The Bertz CT molecular complexity index is 1420. The third-order valence-corrected chi connectivity index (χ3v) is 8.55. The van der Waals surface area contributed by atoms with E-state index in [0.717, 1.165) is 16.1 Å². The summed E-state index contributed by atoms with van der Waals surface area (Å²) in [4.78, 5) is 29.2. The van der Waals surface area contributed by atoms with Gasteiger partial charge >= 0.3 is 0 Å². The zero-order valence-corrected chi connectivity index (χ0v) is 25.8. The van der Waals surface area contributed by atoms with Gasteiger partial charge in [0.1, 0.15) is 18.3 Å². The van der Waals surface area contributed by atoms with Gasteiger partial charge in [-0.15, -0.1) is 0 Å². The molecular formula is C30H35Cl2N3O5S. The van der Waals surface area contributed by atoms with Crippen LogP contribution < -0.4 is 14.4 Å². The Hall–Kier alpha value is -3.27. The van der Waals surface area contributed by atoms with Crippen LogP contribution in [-0.4, -0.2) is 57.1 Å². The Labute approximate surface area is 252 Å². The Morgan fingerprint density at radius 3 is 2.10 bits per heavy atom. The van der Waals surface area contributed by atoms with Crippen LogP contribution in [0.3, 0.4) is 0 Å². The SMILES string of the molecule is CC[C@H](C)NC(=O)[C@@H](Cc1ccccc1)N(Cc1c(Cl)cccc1Cl)C(=O)CN(c1ccc(OC)cc1)S(C)(=O)=O. The monoisotopic (exact) mass is 619 g/mol. The van der Waals surface area contributed by atoms with Gasteiger partial charge in [-0.1, -0.05) is 66.5 Å². The van der Waals surface area contributed by atoms with Gasteiger partial charge in [0.25, 0.3) is 0 Å². The van der Waals surface area contributed by atoms with Crippen LogP contribution in [0.2, 0.25) is 10.0 Å². The van der Waals surface area contributed by atoms with Crippen LogP contribution in [-0.2, 0) is 32.6 Å². The number of nitrogens with one attached hydrogen (secondary N) is 1. The number of ether oxygens (including phenoxy) is 1. The molecule has 41 heavy (non-hydrogen) atoms. The molecule has 0 saturated carbocycles. The molecule has 0 aromatic heterocycles. The van der Waals surface area contributed by atoms with E-state index in [4.69, 9.17) is 27.9 Å². The number of halogens is 2. The second-order valence-electron chi connectivity index (χ2n) is 9.71. The van der Waals surface area contributed by atoms with Gasteiger partial charge in [0.2, 0.25) is 21.8 Å². The van der Waals surface area contributed by atoms with E-state index in [1.165, 1.54) is 12.0 Å². The van der Waals surface area contributed by atoms with Gasteiger partial charge < -0.3 is 15.0 Å². The van der Waals surface area contributed by atoms with E-state index in [1.807, 2.05) is 44.2 Å². The number of rotatable bonds is 13. The van der Waals surface area contributed by atoms with Gasteiger partial charge in [0.05, 0.1) is 19.1 Å². The number of anilines is 1. The zero-order valence-electron chi connectivity index (χ0n) is 23.5. The average molecular weight is 621 g/mol. The number of sulfonamides is 1. The predicted octanol–water partition coefficient (Wildman–Crippen LogP) is 5.32.